The van der Waals surface area contributed by atoms with E-state index in [2.05, 4.69) is 68.5 Å². The Kier molecular flexibility index (Phi) is 7.26. The number of hydrogen-bond donors (Lipinski definition) is 3. The highest BCUT2D eigenvalue weighted by molar-refractivity contribution is 5.94. The first-order chi connectivity index (χ1) is 13.9. The van der Waals surface area contributed by atoms with Gasteiger partial charge in [0.2, 0.25) is 0 Å². The summed E-state index contributed by atoms with van der Waals surface area (Å²) in [7, 11) is 0. The van der Waals surface area contributed by atoms with Gasteiger partial charge in [0.25, 0.3) is 5.91 Å². The van der Waals surface area contributed by atoms with Gasteiger partial charge in [-0.2, -0.15) is 0 Å². The molecule has 0 aromatic carbocycles. The van der Waals surface area contributed by atoms with Crippen LogP contribution in [0.2, 0.25) is 0 Å². The lowest BCUT2D eigenvalue weighted by Gasteiger charge is -2.39. The molecule has 3 N–H and O–H groups in total. The van der Waals surface area contributed by atoms with Crippen LogP contribution in [-0.2, 0) is 4.79 Å². The van der Waals surface area contributed by atoms with E-state index < -0.39 is 0 Å². The first kappa shape index (κ1) is 21.7. The molecule has 2 aliphatic heterocycles. The zero-order chi connectivity index (χ0) is 21.0. The lowest BCUT2D eigenvalue weighted by molar-refractivity contribution is -0.118. The van der Waals surface area contributed by atoms with Gasteiger partial charge in [0.15, 0.2) is 0 Å². The minimum absolute atomic E-state index is 0.00216. The van der Waals surface area contributed by atoms with Crippen LogP contribution in [0.25, 0.3) is 0 Å². The van der Waals surface area contributed by atoms with Gasteiger partial charge in [-0.3, -0.25) is 4.79 Å². The Labute approximate surface area is 177 Å². The Hall–Kier alpha value is -1.97. The van der Waals surface area contributed by atoms with E-state index in [4.69, 9.17) is 0 Å². The summed E-state index contributed by atoms with van der Waals surface area (Å²) < 4.78 is 0. The van der Waals surface area contributed by atoms with Crippen LogP contribution in [0.3, 0.4) is 0 Å². The van der Waals surface area contributed by atoms with E-state index >= 15 is 0 Å². The molecule has 1 fully saturated rings. The molecule has 1 saturated carbocycles. The third-order valence-corrected chi connectivity index (χ3v) is 7.06. The van der Waals surface area contributed by atoms with Crippen LogP contribution < -0.4 is 16.0 Å². The molecular formula is C25H39N3O. The molecule has 2 heterocycles. The van der Waals surface area contributed by atoms with Gasteiger partial charge in [-0.15, -0.1) is 0 Å². The predicted molar refractivity (Wildman–Crippen MR) is 121 cm³/mol. The Morgan fingerprint density at radius 3 is 2.90 bits per heavy atom. The smallest absolute Gasteiger partial charge is 0.267 e. The van der Waals surface area contributed by atoms with Crippen molar-refractivity contribution < 1.29 is 4.79 Å². The largest absolute Gasteiger partial charge is 0.386 e. The molecular weight excluding hydrogens is 358 g/mol. The number of amides is 1. The summed E-state index contributed by atoms with van der Waals surface area (Å²) in [5.74, 6) is 2.94. The molecule has 0 saturated heterocycles. The van der Waals surface area contributed by atoms with E-state index in [0.29, 0.717) is 23.5 Å². The lowest BCUT2D eigenvalue weighted by atomic mass is 9.69. The molecule has 5 atom stereocenters. The van der Waals surface area contributed by atoms with Crippen molar-refractivity contribution in [1.82, 2.24) is 16.0 Å². The van der Waals surface area contributed by atoms with E-state index in [0.717, 1.165) is 31.1 Å². The second-order valence-electron chi connectivity index (χ2n) is 9.47. The molecule has 0 radical (unpaired) electrons. The SMILES string of the molecule is C=C(NCC1NC(=O)C2=CC(=CCN2)C1C/C=C\C)C1CC(C)CCC1C(C)C. The first-order valence-corrected chi connectivity index (χ1v) is 11.4. The van der Waals surface area contributed by atoms with E-state index in [-0.39, 0.29) is 17.9 Å². The summed E-state index contributed by atoms with van der Waals surface area (Å²) in [5, 5.41) is 10.1. The number of fused-ring (bicyclic) bond motifs is 1. The number of carbonyl (C=O) groups excluding carboxylic acids is 1. The summed E-state index contributed by atoms with van der Waals surface area (Å²) in [6, 6.07) is 0.0499. The number of dihydropyridines is 1. The normalized spacial score (nSPS) is 32.2. The minimum atomic E-state index is 0.00216. The van der Waals surface area contributed by atoms with Crippen LogP contribution in [0.5, 0.6) is 0 Å². The molecule has 1 amide bonds. The second kappa shape index (κ2) is 9.69. The van der Waals surface area contributed by atoms with Crippen LogP contribution >= 0.6 is 0 Å². The number of nitrogens with one attached hydrogen (secondary N) is 3. The summed E-state index contributed by atoms with van der Waals surface area (Å²) in [6.45, 7) is 15.0. The van der Waals surface area contributed by atoms with Crippen molar-refractivity contribution in [2.45, 2.75) is 59.4 Å². The summed E-state index contributed by atoms with van der Waals surface area (Å²) in [5.41, 5.74) is 3.11. The Morgan fingerprint density at radius 2 is 2.17 bits per heavy atom. The highest BCUT2D eigenvalue weighted by Gasteiger charge is 2.34. The third-order valence-electron chi connectivity index (χ3n) is 7.06. The summed E-state index contributed by atoms with van der Waals surface area (Å²) >= 11 is 0. The quantitative estimate of drug-likeness (QED) is 0.562. The first-order valence-electron chi connectivity index (χ1n) is 11.4. The molecule has 0 aromatic rings. The summed E-state index contributed by atoms with van der Waals surface area (Å²) in [4.78, 5) is 12.6. The monoisotopic (exact) mass is 397 g/mol. The van der Waals surface area contributed by atoms with Crippen molar-refractivity contribution in [1.29, 1.82) is 0 Å². The van der Waals surface area contributed by atoms with Crippen molar-refractivity contribution >= 4 is 5.91 Å². The van der Waals surface area contributed by atoms with E-state index in [1.807, 2.05) is 6.08 Å². The van der Waals surface area contributed by atoms with Crippen LogP contribution in [0.15, 0.2) is 47.9 Å². The summed E-state index contributed by atoms with van der Waals surface area (Å²) in [6.07, 6.45) is 13.3. The lowest BCUT2D eigenvalue weighted by Crippen LogP contribution is -2.47. The highest BCUT2D eigenvalue weighted by atomic mass is 16.2. The fraction of sp³-hybridized carbons (Fsp3) is 0.640. The minimum Gasteiger partial charge on any atom is -0.386 e. The predicted octanol–water partition coefficient (Wildman–Crippen LogP) is 4.29. The van der Waals surface area contributed by atoms with Crippen molar-refractivity contribution in [3.05, 3.63) is 47.9 Å². The van der Waals surface area contributed by atoms with Gasteiger partial charge >= 0.3 is 0 Å². The van der Waals surface area contributed by atoms with E-state index in [1.54, 1.807) is 0 Å². The van der Waals surface area contributed by atoms with Crippen molar-refractivity contribution in [3.63, 3.8) is 0 Å². The maximum Gasteiger partial charge on any atom is 0.267 e. The van der Waals surface area contributed by atoms with Crippen molar-refractivity contribution in [2.75, 3.05) is 13.1 Å². The molecule has 0 spiro atoms. The molecule has 0 aromatic heterocycles. The maximum absolute atomic E-state index is 12.6. The molecule has 5 unspecified atom stereocenters. The van der Waals surface area contributed by atoms with Gasteiger partial charge < -0.3 is 16.0 Å². The van der Waals surface area contributed by atoms with E-state index in [9.17, 15) is 4.79 Å². The van der Waals surface area contributed by atoms with Crippen molar-refractivity contribution in [2.24, 2.45) is 29.6 Å². The average Bonchev–Trinajstić information content (AvgIpc) is 2.79. The van der Waals surface area contributed by atoms with E-state index in [1.165, 1.54) is 24.8 Å². The third kappa shape index (κ3) is 5.15. The molecule has 3 aliphatic rings. The van der Waals surface area contributed by atoms with Crippen molar-refractivity contribution in [3.8, 4) is 0 Å². The van der Waals surface area contributed by atoms with Crippen LogP contribution in [0, 0.1) is 29.6 Å². The van der Waals surface area contributed by atoms with Gasteiger partial charge in [0.05, 0.1) is 6.04 Å². The van der Waals surface area contributed by atoms with Gasteiger partial charge in [-0.25, -0.2) is 0 Å². The molecule has 160 valence electrons. The number of carbonyl (C=O) groups is 1. The Balaban J connectivity index is 1.71. The number of allylic oxidation sites excluding steroid dienone is 4. The Morgan fingerprint density at radius 1 is 1.38 bits per heavy atom. The molecule has 4 nitrogen and oxygen atoms in total. The molecule has 1 aliphatic carbocycles. The van der Waals surface area contributed by atoms with Gasteiger partial charge in [-0.05, 0) is 55.6 Å². The fourth-order valence-electron chi connectivity index (χ4n) is 5.29. The van der Waals surface area contributed by atoms with Gasteiger partial charge in [-0.1, -0.05) is 52.0 Å². The van der Waals surface area contributed by atoms with Crippen LogP contribution in [0.1, 0.15) is 53.4 Å². The standard InChI is InChI=1S/C25H39N3O/c1-6-7-8-21-19-11-12-26-23(14-19)25(29)28-24(21)15-27-18(5)22-13-17(4)9-10-20(22)16(2)3/h6-7,11,14,16-17,20-22,24,26-27H,5,8-10,12-13,15H2,1-4H3,(H,28,29)/b7-6-. The van der Waals surface area contributed by atoms with Gasteiger partial charge in [0, 0.05) is 30.6 Å². The fourth-order valence-corrected chi connectivity index (χ4v) is 5.29. The Bertz CT molecular complexity index is 703. The van der Waals surface area contributed by atoms with Crippen LogP contribution in [-0.4, -0.2) is 25.0 Å². The van der Waals surface area contributed by atoms with Crippen LogP contribution in [0.4, 0.5) is 0 Å². The average molecular weight is 398 g/mol. The molecule has 3 rings (SSSR count). The number of hydrogen-bond acceptors (Lipinski definition) is 3. The topological polar surface area (TPSA) is 53.2 Å². The second-order valence-corrected chi connectivity index (χ2v) is 9.47. The zero-order valence-corrected chi connectivity index (χ0v) is 18.6. The van der Waals surface area contributed by atoms with Gasteiger partial charge in [0.1, 0.15) is 5.70 Å². The highest BCUT2D eigenvalue weighted by Crippen LogP contribution is 2.40. The molecule has 2 bridgehead atoms. The molecule has 29 heavy (non-hydrogen) atoms. The number of rotatable bonds is 7. The zero-order valence-electron chi connectivity index (χ0n) is 18.6. The maximum atomic E-state index is 12.6. The molecule has 4 heteroatoms.